The van der Waals surface area contributed by atoms with Crippen molar-refractivity contribution in [3.63, 3.8) is 0 Å². The molecule has 0 amide bonds. The van der Waals surface area contributed by atoms with Gasteiger partial charge in [-0.15, -0.1) is 35.9 Å². The first kappa shape index (κ1) is 26.3. The average molecular weight is 767 g/mol. The molecule has 0 spiro atoms. The normalized spacial score (nSPS) is 12.0. The number of para-hydroxylation sites is 2. The van der Waals surface area contributed by atoms with Crippen molar-refractivity contribution >= 4 is 22.0 Å². The molecule has 8 aromatic rings. The molecule has 1 radical (unpaired) electrons. The molecule has 6 heteroatoms. The maximum Gasteiger partial charge on any atom is 0.113 e. The molecular weight excluding hydrogens is 738 g/mol. The maximum atomic E-state index is 14.0. The van der Waals surface area contributed by atoms with E-state index in [4.69, 9.17) is 13.5 Å². The summed E-state index contributed by atoms with van der Waals surface area (Å²) >= 11 is 0. The van der Waals surface area contributed by atoms with E-state index < -0.39 is 6.85 Å². The molecule has 0 unspecified atom stereocenters. The minimum atomic E-state index is -2.09. The summed E-state index contributed by atoms with van der Waals surface area (Å²) in [5.41, 5.74) is 8.13. The molecule has 3 aromatic heterocycles. The van der Waals surface area contributed by atoms with E-state index in [0.717, 1.165) is 39.1 Å². The fraction of sp³-hybridized carbons (Fsp3) is 0.0256. The van der Waals surface area contributed by atoms with Crippen LogP contribution in [-0.2, 0) is 20.1 Å². The van der Waals surface area contributed by atoms with Gasteiger partial charge < -0.3 is 14.0 Å². The Bertz CT molecular complexity index is 2280. The van der Waals surface area contributed by atoms with E-state index in [1.165, 1.54) is 18.3 Å². The second kappa shape index (κ2) is 13.2. The van der Waals surface area contributed by atoms with Crippen molar-refractivity contribution in [3.8, 4) is 39.5 Å². The molecule has 0 atom stereocenters. The predicted octanol–water partition coefficient (Wildman–Crippen LogP) is 9.90. The van der Waals surface area contributed by atoms with E-state index in [0.29, 0.717) is 22.4 Å². The quantitative estimate of drug-likeness (QED) is 0.168. The molecule has 0 aliphatic carbocycles. The van der Waals surface area contributed by atoms with Crippen molar-refractivity contribution in [2.45, 2.75) is 6.85 Å². The third-order valence-corrected chi connectivity index (χ3v) is 7.24. The summed E-state index contributed by atoms with van der Waals surface area (Å²) in [6, 6.07) is 44.8. The van der Waals surface area contributed by atoms with Crippen LogP contribution in [0.15, 0.2) is 144 Å². The minimum absolute atomic E-state index is 0. The van der Waals surface area contributed by atoms with Crippen molar-refractivity contribution in [2.75, 3.05) is 0 Å². The van der Waals surface area contributed by atoms with Crippen LogP contribution in [0.5, 0.6) is 0 Å². The maximum absolute atomic E-state index is 14.0. The van der Waals surface area contributed by atoms with Gasteiger partial charge in [-0.2, -0.15) is 0 Å². The zero-order chi connectivity index (χ0) is 32.4. The number of aromatic nitrogens is 3. The summed E-state index contributed by atoms with van der Waals surface area (Å²) < 4.78 is 43.3. The number of pyridine rings is 1. The summed E-state index contributed by atoms with van der Waals surface area (Å²) in [7, 11) is 0. The summed E-state index contributed by atoms with van der Waals surface area (Å²) in [6.45, 7) is -2.09. The van der Waals surface area contributed by atoms with Gasteiger partial charge in [0.05, 0.1) is 16.9 Å². The summed E-state index contributed by atoms with van der Waals surface area (Å²) in [4.78, 5) is 8.97. The number of fused-ring (bicyclic) bond motifs is 2. The summed E-state index contributed by atoms with van der Waals surface area (Å²) in [5, 5.41) is 0.650. The smallest absolute Gasteiger partial charge is 0.113 e. The number of rotatable bonds is 4. The van der Waals surface area contributed by atoms with Crippen LogP contribution in [0, 0.1) is 25.0 Å². The molecule has 3 heterocycles. The molecule has 4 nitrogen and oxygen atoms in total. The number of furan rings is 1. The van der Waals surface area contributed by atoms with Crippen LogP contribution in [0.1, 0.15) is 9.68 Å². The number of halogens is 1. The van der Waals surface area contributed by atoms with Crippen LogP contribution < -0.4 is 0 Å². The van der Waals surface area contributed by atoms with Crippen LogP contribution in [-0.4, -0.2) is 14.5 Å². The van der Waals surface area contributed by atoms with E-state index >= 15 is 0 Å². The largest absolute Gasteiger partial charge is 0.557 e. The Morgan fingerprint density at radius 3 is 2.33 bits per heavy atom. The SMILES string of the molecule is Fc1ccc2o[c-]c(-c3nc4ccccc4n3-c3ccc(-c4ccccc4)cc3)c2c1.[2H]C([2H])([2H])c1ccc(-c2[c-]cccc2)nc1.[Ir]. The molecule has 45 heavy (non-hydrogen) atoms. The summed E-state index contributed by atoms with van der Waals surface area (Å²) in [6.07, 6.45) is 4.33. The zero-order valence-corrected chi connectivity index (χ0v) is 26.1. The van der Waals surface area contributed by atoms with Gasteiger partial charge in [0.15, 0.2) is 0 Å². The van der Waals surface area contributed by atoms with Crippen molar-refractivity contribution < 1.29 is 33.0 Å². The first-order valence-corrected chi connectivity index (χ1v) is 14.0. The van der Waals surface area contributed by atoms with Gasteiger partial charge in [0.2, 0.25) is 0 Å². The van der Waals surface area contributed by atoms with Crippen molar-refractivity contribution in [3.05, 3.63) is 163 Å². The molecule has 0 fully saturated rings. The number of hydrogen-bond donors (Lipinski definition) is 0. The predicted molar refractivity (Wildman–Crippen MR) is 174 cm³/mol. The van der Waals surface area contributed by atoms with Crippen molar-refractivity contribution in [1.82, 2.24) is 14.5 Å². The number of hydrogen-bond acceptors (Lipinski definition) is 3. The zero-order valence-electron chi connectivity index (χ0n) is 26.7. The van der Waals surface area contributed by atoms with Gasteiger partial charge in [-0.25, -0.2) is 4.39 Å². The molecule has 5 aromatic carbocycles. The van der Waals surface area contributed by atoms with Crippen LogP contribution in [0.4, 0.5) is 4.39 Å². The number of benzene rings is 5. The first-order chi connectivity index (χ1) is 22.8. The number of aryl methyl sites for hydroxylation is 1. The van der Waals surface area contributed by atoms with E-state index in [9.17, 15) is 4.39 Å². The molecule has 0 saturated heterocycles. The third kappa shape index (κ3) is 6.25. The molecule has 0 bridgehead atoms. The molecule has 0 aliphatic heterocycles. The topological polar surface area (TPSA) is 43.9 Å². The second-order valence-corrected chi connectivity index (χ2v) is 10.1. The Morgan fingerprint density at radius 2 is 1.58 bits per heavy atom. The van der Waals surface area contributed by atoms with Gasteiger partial charge in [-0.3, -0.25) is 4.98 Å². The van der Waals surface area contributed by atoms with Gasteiger partial charge in [0, 0.05) is 47.9 Å². The minimum Gasteiger partial charge on any atom is -0.557 e. The Morgan fingerprint density at radius 1 is 0.800 bits per heavy atom. The Balaban J connectivity index is 0.000000201. The average Bonchev–Trinajstić information content (AvgIpc) is 3.70. The molecule has 0 N–H and O–H groups in total. The summed E-state index contributed by atoms with van der Waals surface area (Å²) in [5.74, 6) is 0.344. The van der Waals surface area contributed by atoms with Crippen LogP contribution in [0.2, 0.25) is 0 Å². The fourth-order valence-electron chi connectivity index (χ4n) is 5.11. The number of imidazole rings is 1. The van der Waals surface area contributed by atoms with E-state index in [-0.39, 0.29) is 31.5 Å². The molecule has 221 valence electrons. The van der Waals surface area contributed by atoms with Gasteiger partial charge in [-0.05, 0) is 59.6 Å². The monoisotopic (exact) mass is 767 g/mol. The number of nitrogens with zero attached hydrogens (tertiary/aromatic N) is 3. The second-order valence-electron chi connectivity index (χ2n) is 10.1. The van der Waals surface area contributed by atoms with Gasteiger partial charge in [0.1, 0.15) is 5.82 Å². The van der Waals surface area contributed by atoms with Crippen LogP contribution in [0.25, 0.3) is 61.5 Å². The van der Waals surface area contributed by atoms with E-state index in [2.05, 4.69) is 58.3 Å². The van der Waals surface area contributed by atoms with Gasteiger partial charge in [0.25, 0.3) is 0 Å². The fourth-order valence-corrected chi connectivity index (χ4v) is 5.11. The van der Waals surface area contributed by atoms with Crippen LogP contribution >= 0.6 is 0 Å². The molecule has 8 rings (SSSR count). The van der Waals surface area contributed by atoms with Gasteiger partial charge >= 0.3 is 0 Å². The molecule has 0 aliphatic rings. The third-order valence-electron chi connectivity index (χ3n) is 7.24. The Labute approximate surface area is 278 Å². The molecular formula is C39H26FIrN3O-2. The van der Waals surface area contributed by atoms with E-state index in [1.54, 1.807) is 24.3 Å². The van der Waals surface area contributed by atoms with Crippen molar-refractivity contribution in [2.24, 2.45) is 0 Å². The Hall–Kier alpha value is -5.16. The van der Waals surface area contributed by atoms with Gasteiger partial charge in [-0.1, -0.05) is 89.8 Å². The first-order valence-electron chi connectivity index (χ1n) is 15.5. The van der Waals surface area contributed by atoms with E-state index in [1.807, 2.05) is 60.7 Å². The van der Waals surface area contributed by atoms with Crippen LogP contribution in [0.3, 0.4) is 0 Å². The standard InChI is InChI=1S/C27H16FN2O.C12H10N.Ir/c28-20-12-15-26-22(16-20)23(17-31-26)27-29-24-8-4-5-9-25(24)30(27)21-13-10-19(11-14-21)18-6-2-1-3-7-18;1-10-7-8-12(13-9-10)11-5-3-2-4-6-11;/h1-16H;2-5,7-9H,1H3;/q2*-1;/i;1D3;. The van der Waals surface area contributed by atoms with Crippen molar-refractivity contribution in [1.29, 1.82) is 0 Å². The Kier molecular flexibility index (Phi) is 7.72. The molecule has 0 saturated carbocycles.